The lowest BCUT2D eigenvalue weighted by Crippen LogP contribution is -1.91. The van der Waals surface area contributed by atoms with Crippen molar-refractivity contribution in [2.45, 2.75) is 11.8 Å². The van der Waals surface area contributed by atoms with Gasteiger partial charge >= 0.3 is 0 Å². The van der Waals surface area contributed by atoms with Crippen LogP contribution in [0.25, 0.3) is 0 Å². The van der Waals surface area contributed by atoms with Crippen LogP contribution >= 0.6 is 26.6 Å². The molecule has 0 aliphatic rings. The summed E-state index contributed by atoms with van der Waals surface area (Å²) in [5.41, 5.74) is 0.978. The van der Waals surface area contributed by atoms with Gasteiger partial charge in [0.1, 0.15) is 0 Å². The molecule has 0 saturated heterocycles. The lowest BCUT2D eigenvalue weighted by Gasteiger charge is -2.00. The van der Waals surface area contributed by atoms with E-state index >= 15 is 0 Å². The fourth-order valence-electron chi connectivity index (χ4n) is 0.804. The molecule has 0 unspecified atom stereocenters. The topological polar surface area (TPSA) is 34.1 Å². The first-order valence-corrected chi connectivity index (χ1v) is 6.22. The molecule has 0 saturated carbocycles. The van der Waals surface area contributed by atoms with Crippen molar-refractivity contribution < 1.29 is 8.42 Å². The lowest BCUT2D eigenvalue weighted by molar-refractivity contribution is 0.609. The van der Waals surface area contributed by atoms with Crippen molar-refractivity contribution in [3.63, 3.8) is 0 Å². The summed E-state index contributed by atoms with van der Waals surface area (Å²) in [4.78, 5) is 0.106. The summed E-state index contributed by atoms with van der Waals surface area (Å²) in [7, 11) is 1.53. The monoisotopic (exact) mass is 268 g/mol. The summed E-state index contributed by atoms with van der Waals surface area (Å²) in [6.45, 7) is 1.87. The minimum atomic E-state index is -3.62. The van der Waals surface area contributed by atoms with Crippen LogP contribution < -0.4 is 0 Å². The zero-order chi connectivity index (χ0) is 9.35. The third-order valence-electron chi connectivity index (χ3n) is 1.35. The highest BCUT2D eigenvalue weighted by Gasteiger charge is 2.13. The molecule has 0 fully saturated rings. The molecule has 0 aliphatic carbocycles. The molecule has 0 spiro atoms. The highest BCUT2D eigenvalue weighted by atomic mass is 79.9. The largest absolute Gasteiger partial charge is 0.262 e. The van der Waals surface area contributed by atoms with Gasteiger partial charge in [-0.25, -0.2) is 8.42 Å². The smallest absolute Gasteiger partial charge is 0.207 e. The van der Waals surface area contributed by atoms with E-state index in [4.69, 9.17) is 10.7 Å². The molecule has 2 nitrogen and oxygen atoms in total. The summed E-state index contributed by atoms with van der Waals surface area (Å²) in [5.74, 6) is 0. The zero-order valence-electron chi connectivity index (χ0n) is 6.21. The van der Waals surface area contributed by atoms with Gasteiger partial charge in [-0.05, 0) is 40.5 Å². The Kier molecular flexibility index (Phi) is 2.81. The number of benzene rings is 1. The van der Waals surface area contributed by atoms with E-state index in [1.165, 1.54) is 6.07 Å². The third kappa shape index (κ3) is 2.21. The molecular formula is C7H6BrClO2S. The van der Waals surface area contributed by atoms with Crippen LogP contribution in [0.4, 0.5) is 0 Å². The SMILES string of the molecule is Cc1ccc(S(=O)(=O)Cl)c(Br)c1. The molecule has 0 bridgehead atoms. The first-order valence-electron chi connectivity index (χ1n) is 3.12. The minimum absolute atomic E-state index is 0.106. The first kappa shape index (κ1) is 10.0. The predicted octanol–water partition coefficient (Wildman–Crippen LogP) is 2.69. The van der Waals surface area contributed by atoms with E-state index in [1.54, 1.807) is 12.1 Å². The van der Waals surface area contributed by atoms with Crippen LogP contribution in [0, 0.1) is 6.92 Å². The van der Waals surface area contributed by atoms with Crippen molar-refractivity contribution in [1.82, 2.24) is 0 Å². The molecule has 1 rings (SSSR count). The number of hydrogen-bond donors (Lipinski definition) is 0. The molecule has 0 radical (unpaired) electrons. The summed E-state index contributed by atoms with van der Waals surface area (Å²) < 4.78 is 22.3. The van der Waals surface area contributed by atoms with Crippen molar-refractivity contribution >= 4 is 35.7 Å². The molecule has 0 N–H and O–H groups in total. The van der Waals surface area contributed by atoms with E-state index in [2.05, 4.69) is 15.9 Å². The number of hydrogen-bond acceptors (Lipinski definition) is 2. The van der Waals surface area contributed by atoms with Crippen LogP contribution in [0.3, 0.4) is 0 Å². The minimum Gasteiger partial charge on any atom is -0.207 e. The first-order chi connectivity index (χ1) is 5.41. The van der Waals surface area contributed by atoms with Crippen LogP contribution in [0.2, 0.25) is 0 Å². The van der Waals surface area contributed by atoms with Gasteiger partial charge in [0, 0.05) is 15.2 Å². The average Bonchev–Trinajstić information content (AvgIpc) is 1.83. The van der Waals surface area contributed by atoms with Gasteiger partial charge < -0.3 is 0 Å². The molecule has 0 aliphatic heterocycles. The lowest BCUT2D eigenvalue weighted by atomic mass is 10.2. The maximum absolute atomic E-state index is 10.9. The van der Waals surface area contributed by atoms with Gasteiger partial charge in [-0.2, -0.15) is 0 Å². The van der Waals surface area contributed by atoms with E-state index in [0.717, 1.165) is 5.56 Å². The highest BCUT2D eigenvalue weighted by molar-refractivity contribution is 9.10. The van der Waals surface area contributed by atoms with Crippen molar-refractivity contribution in [3.05, 3.63) is 28.2 Å². The Morgan fingerprint density at radius 1 is 1.42 bits per heavy atom. The van der Waals surface area contributed by atoms with E-state index in [1.807, 2.05) is 6.92 Å². The predicted molar refractivity (Wildman–Crippen MR) is 51.9 cm³/mol. The van der Waals surface area contributed by atoms with Crippen LogP contribution in [-0.4, -0.2) is 8.42 Å². The van der Waals surface area contributed by atoms with Gasteiger partial charge in [-0.1, -0.05) is 6.07 Å². The van der Waals surface area contributed by atoms with Crippen molar-refractivity contribution in [2.24, 2.45) is 0 Å². The molecule has 0 atom stereocenters. The number of halogens is 2. The maximum Gasteiger partial charge on any atom is 0.262 e. The standard InChI is InChI=1S/C7H6BrClO2S/c1-5-2-3-7(6(8)4-5)12(9,10)11/h2-4H,1H3. The van der Waals surface area contributed by atoms with Crippen LogP contribution in [0.5, 0.6) is 0 Å². The Bertz CT molecular complexity index is 400. The molecule has 12 heavy (non-hydrogen) atoms. The van der Waals surface area contributed by atoms with Gasteiger partial charge in [-0.3, -0.25) is 0 Å². The zero-order valence-corrected chi connectivity index (χ0v) is 9.37. The van der Waals surface area contributed by atoms with Crippen molar-refractivity contribution in [2.75, 3.05) is 0 Å². The highest BCUT2D eigenvalue weighted by Crippen LogP contribution is 2.25. The second-order valence-corrected chi connectivity index (χ2v) is 5.76. The Morgan fingerprint density at radius 2 is 2.00 bits per heavy atom. The molecule has 1 aromatic rings. The summed E-state index contributed by atoms with van der Waals surface area (Å²) in [6, 6.07) is 4.87. The molecule has 5 heteroatoms. The number of aryl methyl sites for hydroxylation is 1. The Hall–Kier alpha value is -0.0600. The third-order valence-corrected chi connectivity index (χ3v) is 3.65. The van der Waals surface area contributed by atoms with Gasteiger partial charge in [0.25, 0.3) is 9.05 Å². The normalized spacial score (nSPS) is 11.6. The van der Waals surface area contributed by atoms with E-state index in [0.29, 0.717) is 4.47 Å². The summed E-state index contributed by atoms with van der Waals surface area (Å²) >= 11 is 3.12. The maximum atomic E-state index is 10.9. The molecule has 1 aromatic carbocycles. The molecule has 66 valence electrons. The van der Waals surface area contributed by atoms with Crippen molar-refractivity contribution in [3.8, 4) is 0 Å². The Morgan fingerprint density at radius 3 is 2.42 bits per heavy atom. The van der Waals surface area contributed by atoms with Crippen molar-refractivity contribution in [1.29, 1.82) is 0 Å². The average molecular weight is 270 g/mol. The van der Waals surface area contributed by atoms with E-state index < -0.39 is 9.05 Å². The van der Waals surface area contributed by atoms with Gasteiger partial charge in [0.05, 0.1) is 4.90 Å². The summed E-state index contributed by atoms with van der Waals surface area (Å²) in [6.07, 6.45) is 0. The molecule has 0 amide bonds. The quantitative estimate of drug-likeness (QED) is 0.735. The van der Waals surface area contributed by atoms with Crippen LogP contribution in [0.1, 0.15) is 5.56 Å². The molecular weight excluding hydrogens is 263 g/mol. The van der Waals surface area contributed by atoms with E-state index in [9.17, 15) is 8.42 Å². The van der Waals surface area contributed by atoms with E-state index in [-0.39, 0.29) is 4.90 Å². The second kappa shape index (κ2) is 3.36. The summed E-state index contributed by atoms with van der Waals surface area (Å²) in [5, 5.41) is 0. The Balaban J connectivity index is 3.39. The fourth-order valence-corrected chi connectivity index (χ4v) is 3.14. The number of rotatable bonds is 1. The van der Waals surface area contributed by atoms with Gasteiger partial charge in [0.2, 0.25) is 0 Å². The van der Waals surface area contributed by atoms with Gasteiger partial charge in [0.15, 0.2) is 0 Å². The molecule has 0 heterocycles. The van der Waals surface area contributed by atoms with Crippen LogP contribution in [-0.2, 0) is 9.05 Å². The fraction of sp³-hybridized carbons (Fsp3) is 0.143. The molecule has 0 aromatic heterocycles. The van der Waals surface area contributed by atoms with Gasteiger partial charge in [-0.15, -0.1) is 0 Å². The second-order valence-electron chi connectivity index (χ2n) is 2.37. The van der Waals surface area contributed by atoms with Crippen LogP contribution in [0.15, 0.2) is 27.6 Å². The Labute approximate surface area is 84.1 Å².